The Morgan fingerprint density at radius 2 is 2.13 bits per heavy atom. The zero-order valence-electron chi connectivity index (χ0n) is 12.5. The topological polar surface area (TPSA) is 67.1 Å². The van der Waals surface area contributed by atoms with Gasteiger partial charge in [-0.2, -0.15) is 0 Å². The number of aromatic nitrogens is 4. The fraction of sp³-hybridized carbons (Fsp3) is 0.312. The quantitative estimate of drug-likeness (QED) is 0.778. The minimum atomic E-state index is 0.105. The lowest BCUT2D eigenvalue weighted by molar-refractivity contribution is 0.271. The Labute approximate surface area is 138 Å². The van der Waals surface area contributed by atoms with E-state index in [1.165, 1.54) is 4.88 Å². The first-order valence-electron chi connectivity index (χ1n) is 7.62. The first kappa shape index (κ1) is 14.3. The van der Waals surface area contributed by atoms with E-state index in [4.69, 9.17) is 0 Å². The van der Waals surface area contributed by atoms with Crippen LogP contribution in [0.5, 0.6) is 0 Å². The first-order chi connectivity index (χ1) is 11.4. The summed E-state index contributed by atoms with van der Waals surface area (Å²) in [5.41, 5.74) is 2.24. The molecule has 0 aliphatic carbocycles. The monoisotopic (exact) mass is 327 g/mol. The van der Waals surface area contributed by atoms with Crippen molar-refractivity contribution in [2.24, 2.45) is 0 Å². The highest BCUT2D eigenvalue weighted by molar-refractivity contribution is 7.09. The number of fused-ring (bicyclic) bond motifs is 1. The van der Waals surface area contributed by atoms with E-state index >= 15 is 0 Å². The van der Waals surface area contributed by atoms with Gasteiger partial charge in [-0.1, -0.05) is 29.4 Å². The zero-order valence-corrected chi connectivity index (χ0v) is 13.4. The van der Waals surface area contributed by atoms with Gasteiger partial charge in [0.25, 0.3) is 0 Å². The Bertz CT molecular complexity index is 785. The molecule has 1 aliphatic heterocycles. The van der Waals surface area contributed by atoms with Crippen molar-refractivity contribution in [3.05, 3.63) is 52.2 Å². The molecule has 0 radical (unpaired) electrons. The fourth-order valence-corrected chi connectivity index (χ4v) is 3.75. The molecule has 0 bridgehead atoms. The lowest BCUT2D eigenvalue weighted by Crippen LogP contribution is -2.22. The molecule has 4 rings (SSSR count). The Balaban J connectivity index is 1.61. The number of anilines is 2. The molecule has 1 N–H and O–H groups in total. The molecule has 1 atom stereocenters. The number of para-hydroxylation sites is 1. The lowest BCUT2D eigenvalue weighted by atomic mass is 10.0. The second-order valence-corrected chi connectivity index (χ2v) is 6.61. The summed E-state index contributed by atoms with van der Waals surface area (Å²) >= 11 is 1.75. The average molecular weight is 327 g/mol. The Morgan fingerprint density at radius 1 is 1.22 bits per heavy atom. The van der Waals surface area contributed by atoms with E-state index in [-0.39, 0.29) is 12.5 Å². The van der Waals surface area contributed by atoms with Crippen molar-refractivity contribution in [3.8, 4) is 0 Å². The van der Waals surface area contributed by atoms with Crippen LogP contribution in [0.4, 0.5) is 11.6 Å². The van der Waals surface area contributed by atoms with Crippen LogP contribution in [0.2, 0.25) is 0 Å². The van der Waals surface area contributed by atoms with Crippen LogP contribution in [-0.4, -0.2) is 38.5 Å². The van der Waals surface area contributed by atoms with Crippen molar-refractivity contribution in [2.45, 2.75) is 18.9 Å². The van der Waals surface area contributed by atoms with Gasteiger partial charge in [-0.25, -0.2) is 4.68 Å². The number of aliphatic hydroxyl groups is 1. The molecular weight excluding hydrogens is 310 g/mol. The normalized spacial score (nSPS) is 16.7. The third kappa shape index (κ3) is 2.62. The molecule has 118 valence electrons. The van der Waals surface area contributed by atoms with Crippen LogP contribution < -0.4 is 4.90 Å². The number of thiophene rings is 1. The van der Waals surface area contributed by atoms with Crippen molar-refractivity contribution in [2.75, 3.05) is 18.1 Å². The molecule has 1 unspecified atom stereocenters. The summed E-state index contributed by atoms with van der Waals surface area (Å²) in [6.07, 6.45) is 0.911. The number of aryl methyl sites for hydroxylation is 2. The van der Waals surface area contributed by atoms with Gasteiger partial charge in [-0.05, 0) is 33.5 Å². The molecule has 0 fully saturated rings. The van der Waals surface area contributed by atoms with E-state index in [9.17, 15) is 5.11 Å². The minimum Gasteiger partial charge on any atom is -0.396 e. The van der Waals surface area contributed by atoms with Gasteiger partial charge in [-0.15, -0.1) is 11.3 Å². The molecule has 3 heterocycles. The van der Waals surface area contributed by atoms with E-state index in [1.807, 2.05) is 16.8 Å². The van der Waals surface area contributed by atoms with Gasteiger partial charge in [-0.3, -0.25) is 0 Å². The summed E-state index contributed by atoms with van der Waals surface area (Å²) in [4.78, 5) is 3.42. The molecule has 23 heavy (non-hydrogen) atoms. The van der Waals surface area contributed by atoms with Crippen LogP contribution in [0, 0.1) is 0 Å². The van der Waals surface area contributed by atoms with Crippen molar-refractivity contribution in [3.63, 3.8) is 0 Å². The summed E-state index contributed by atoms with van der Waals surface area (Å²) in [5.74, 6) is 0.846. The molecule has 0 saturated heterocycles. The van der Waals surface area contributed by atoms with E-state index < -0.39 is 0 Å². The molecule has 3 aromatic rings. The van der Waals surface area contributed by atoms with Crippen molar-refractivity contribution < 1.29 is 5.11 Å². The predicted molar refractivity (Wildman–Crippen MR) is 89.1 cm³/mol. The molecule has 0 amide bonds. The number of aliphatic hydroxyl groups excluding tert-OH is 1. The Kier molecular flexibility index (Phi) is 3.80. The number of hydrogen-bond acceptors (Lipinski definition) is 6. The van der Waals surface area contributed by atoms with Crippen LogP contribution in [0.25, 0.3) is 0 Å². The molecule has 0 saturated carbocycles. The number of hydrogen-bond donors (Lipinski definition) is 1. The maximum Gasteiger partial charge on any atom is 0.250 e. The summed E-state index contributed by atoms with van der Waals surface area (Å²) in [7, 11) is 0. The molecule has 7 heteroatoms. The van der Waals surface area contributed by atoms with E-state index in [2.05, 4.69) is 50.1 Å². The van der Waals surface area contributed by atoms with Gasteiger partial charge >= 0.3 is 0 Å². The zero-order chi connectivity index (χ0) is 15.6. The summed E-state index contributed by atoms with van der Waals surface area (Å²) in [6.45, 7) is 1.57. The first-order valence-corrected chi connectivity index (χ1v) is 8.50. The Morgan fingerprint density at radius 3 is 2.96 bits per heavy atom. The second kappa shape index (κ2) is 6.10. The number of benzene rings is 1. The Hall–Kier alpha value is -2.25. The molecule has 1 aromatic carbocycles. The predicted octanol–water partition coefficient (Wildman–Crippen LogP) is 2.20. The third-order valence-electron chi connectivity index (χ3n) is 4.20. The molecular formula is C16H17N5OS. The van der Waals surface area contributed by atoms with Crippen LogP contribution in [0.3, 0.4) is 0 Å². The highest BCUT2D eigenvalue weighted by atomic mass is 32.1. The lowest BCUT2D eigenvalue weighted by Gasteiger charge is -2.18. The fourth-order valence-electron chi connectivity index (χ4n) is 3.05. The highest BCUT2D eigenvalue weighted by Crippen LogP contribution is 2.39. The van der Waals surface area contributed by atoms with Crippen molar-refractivity contribution in [1.29, 1.82) is 0 Å². The third-order valence-corrected chi connectivity index (χ3v) is 5.13. The number of tetrazole rings is 1. The number of nitrogens with zero attached hydrogens (tertiary/aromatic N) is 5. The van der Waals surface area contributed by atoms with Gasteiger partial charge in [0.2, 0.25) is 5.95 Å². The smallest absolute Gasteiger partial charge is 0.250 e. The summed E-state index contributed by atoms with van der Waals surface area (Å²) in [5, 5.41) is 23.9. The van der Waals surface area contributed by atoms with Gasteiger partial charge < -0.3 is 10.0 Å². The van der Waals surface area contributed by atoms with Crippen molar-refractivity contribution >= 4 is 23.0 Å². The van der Waals surface area contributed by atoms with Crippen molar-refractivity contribution in [1.82, 2.24) is 20.2 Å². The number of rotatable bonds is 5. The van der Waals surface area contributed by atoms with Crippen LogP contribution in [0.15, 0.2) is 41.8 Å². The molecule has 1 aliphatic rings. The summed E-state index contributed by atoms with van der Waals surface area (Å²) < 4.78 is 1.84. The SMILES string of the molecule is OCC1CN(c2nnnn2CCc2cccs2)c2ccccc21. The van der Waals surface area contributed by atoms with E-state index in [1.54, 1.807) is 11.3 Å². The van der Waals surface area contributed by atoms with Gasteiger partial charge in [0.15, 0.2) is 0 Å². The summed E-state index contributed by atoms with van der Waals surface area (Å²) in [6, 6.07) is 12.3. The van der Waals surface area contributed by atoms with Gasteiger partial charge in [0, 0.05) is 29.4 Å². The van der Waals surface area contributed by atoms with Crippen LogP contribution in [0.1, 0.15) is 16.4 Å². The molecule has 2 aromatic heterocycles. The minimum absolute atomic E-state index is 0.105. The highest BCUT2D eigenvalue weighted by Gasteiger charge is 2.31. The second-order valence-electron chi connectivity index (χ2n) is 5.58. The van der Waals surface area contributed by atoms with Crippen LogP contribution >= 0.6 is 11.3 Å². The molecule has 0 spiro atoms. The van der Waals surface area contributed by atoms with E-state index in [0.29, 0.717) is 6.54 Å². The largest absolute Gasteiger partial charge is 0.396 e. The van der Waals surface area contributed by atoms with E-state index in [0.717, 1.165) is 30.2 Å². The van der Waals surface area contributed by atoms with Crippen LogP contribution in [-0.2, 0) is 13.0 Å². The maximum atomic E-state index is 9.64. The molecule has 6 nitrogen and oxygen atoms in total. The standard InChI is InChI=1S/C16H17N5OS/c22-11-12-10-20(15-6-2-1-5-14(12)15)16-17-18-19-21(16)8-7-13-4-3-9-23-13/h1-6,9,12,22H,7-8,10-11H2. The maximum absolute atomic E-state index is 9.64. The van der Waals surface area contributed by atoms with Gasteiger partial charge in [0.05, 0.1) is 13.2 Å². The van der Waals surface area contributed by atoms with Gasteiger partial charge in [0.1, 0.15) is 0 Å². The average Bonchev–Trinajstić information content (AvgIpc) is 3.31.